The van der Waals surface area contributed by atoms with Crippen molar-refractivity contribution in [2.75, 3.05) is 0 Å². The van der Waals surface area contributed by atoms with Crippen molar-refractivity contribution in [1.29, 1.82) is 0 Å². The zero-order valence-corrected chi connectivity index (χ0v) is 29.7. The molecular weight excluding hydrogens is 502 g/mol. The number of hydrogen-bond donors (Lipinski definition) is 0. The van der Waals surface area contributed by atoms with Crippen LogP contribution >= 0.6 is 0 Å². The summed E-state index contributed by atoms with van der Waals surface area (Å²) < 4.78 is 34.1. The predicted octanol–water partition coefficient (Wildman–Crippen LogP) is 3.28. The van der Waals surface area contributed by atoms with E-state index in [9.17, 15) is 0 Å². The van der Waals surface area contributed by atoms with Crippen LogP contribution in [0.3, 0.4) is 0 Å². The van der Waals surface area contributed by atoms with E-state index in [2.05, 4.69) is 38.1 Å². The van der Waals surface area contributed by atoms with Crippen molar-refractivity contribution in [3.05, 3.63) is 35.4 Å². The second-order valence-electron chi connectivity index (χ2n) is 10.0. The molecule has 0 aliphatic heterocycles. The summed E-state index contributed by atoms with van der Waals surface area (Å²) in [6, 6.07) is 9.26. The van der Waals surface area contributed by atoms with Crippen LogP contribution < -0.4 is 59.1 Å². The molecular formula is C30H54Na2O4S. The quantitative estimate of drug-likeness (QED) is 0.0950. The van der Waals surface area contributed by atoms with Gasteiger partial charge in [0.1, 0.15) is 0 Å². The van der Waals surface area contributed by atoms with Gasteiger partial charge in [0.2, 0.25) is 0 Å². The van der Waals surface area contributed by atoms with Crippen LogP contribution in [0.15, 0.2) is 24.3 Å². The molecule has 0 aromatic heterocycles. The molecule has 0 N–H and O–H groups in total. The SMILES string of the molecule is CCCCCCCCCCCCc1ccccc1CCCCCCCCCCCC.O=S(=O)([O-])[O-].[Na+].[Na+]. The van der Waals surface area contributed by atoms with E-state index in [-0.39, 0.29) is 59.1 Å². The van der Waals surface area contributed by atoms with Crippen LogP contribution in [0, 0.1) is 0 Å². The van der Waals surface area contributed by atoms with E-state index in [4.69, 9.17) is 17.5 Å². The Labute approximate surface area is 275 Å². The molecule has 206 valence electrons. The van der Waals surface area contributed by atoms with Gasteiger partial charge in [-0.3, -0.25) is 8.42 Å². The smallest absolute Gasteiger partial charge is 0.759 e. The molecule has 0 aliphatic carbocycles. The van der Waals surface area contributed by atoms with E-state index in [0.717, 1.165) is 0 Å². The largest absolute Gasteiger partial charge is 1.00 e. The number of benzene rings is 1. The molecule has 1 aromatic rings. The van der Waals surface area contributed by atoms with Crippen LogP contribution in [0.4, 0.5) is 0 Å². The second kappa shape index (κ2) is 31.6. The second-order valence-corrected chi connectivity index (χ2v) is 10.9. The van der Waals surface area contributed by atoms with Gasteiger partial charge in [0, 0.05) is 10.4 Å². The first-order valence-corrected chi connectivity index (χ1v) is 15.9. The maximum absolute atomic E-state index is 8.52. The van der Waals surface area contributed by atoms with Crippen LogP contribution in [0.25, 0.3) is 0 Å². The van der Waals surface area contributed by atoms with Crippen molar-refractivity contribution in [3.63, 3.8) is 0 Å². The minimum atomic E-state index is -5.17. The zero-order valence-electron chi connectivity index (χ0n) is 24.9. The van der Waals surface area contributed by atoms with Crippen molar-refractivity contribution in [1.82, 2.24) is 0 Å². The van der Waals surface area contributed by atoms with E-state index >= 15 is 0 Å². The average Bonchev–Trinajstić information content (AvgIpc) is 2.81. The fraction of sp³-hybridized carbons (Fsp3) is 0.800. The van der Waals surface area contributed by atoms with Gasteiger partial charge >= 0.3 is 59.1 Å². The molecule has 7 heteroatoms. The molecule has 0 saturated carbocycles. The molecule has 0 unspecified atom stereocenters. The normalized spacial score (nSPS) is 10.7. The van der Waals surface area contributed by atoms with Crippen LogP contribution in [0.5, 0.6) is 0 Å². The summed E-state index contributed by atoms with van der Waals surface area (Å²) in [5.74, 6) is 0. The first kappa shape index (κ1) is 42.6. The Morgan fingerprint density at radius 3 is 0.946 bits per heavy atom. The van der Waals surface area contributed by atoms with E-state index in [0.29, 0.717) is 0 Å². The third-order valence-corrected chi connectivity index (χ3v) is 6.72. The zero-order chi connectivity index (χ0) is 26.0. The van der Waals surface area contributed by atoms with Crippen LogP contribution in [-0.4, -0.2) is 17.5 Å². The average molecular weight is 557 g/mol. The van der Waals surface area contributed by atoms with Gasteiger partial charge in [0.15, 0.2) is 0 Å². The van der Waals surface area contributed by atoms with Gasteiger partial charge in [-0.15, -0.1) is 0 Å². The standard InChI is InChI=1S/C30H54.2Na.H2O4S/c1-3-5-7-9-11-13-15-17-19-21-25-29-27-23-24-28-30(29)26-22-20-18-16-14-12-10-8-6-4-2;;;1-5(2,3)4/h23-24,27-28H,3-22,25-26H2,1-2H3;;;(H2,1,2,3,4)/q;2*+1;/p-2. The monoisotopic (exact) mass is 556 g/mol. The third kappa shape index (κ3) is 35.1. The molecule has 0 spiro atoms. The van der Waals surface area contributed by atoms with Crippen LogP contribution in [0.1, 0.15) is 153 Å². The van der Waals surface area contributed by atoms with E-state index < -0.39 is 10.4 Å². The predicted molar refractivity (Wildman–Crippen MR) is 148 cm³/mol. The molecule has 1 rings (SSSR count). The molecule has 0 heterocycles. The van der Waals surface area contributed by atoms with Gasteiger partial charge in [0.05, 0.1) is 0 Å². The minimum absolute atomic E-state index is 0. The number of hydrogen-bond acceptors (Lipinski definition) is 4. The molecule has 0 aliphatic rings. The van der Waals surface area contributed by atoms with Crippen molar-refractivity contribution in [3.8, 4) is 0 Å². The molecule has 0 radical (unpaired) electrons. The van der Waals surface area contributed by atoms with Crippen molar-refractivity contribution in [2.45, 2.75) is 155 Å². The summed E-state index contributed by atoms with van der Waals surface area (Å²) in [5.41, 5.74) is 3.26. The summed E-state index contributed by atoms with van der Waals surface area (Å²) in [7, 11) is -5.17. The minimum Gasteiger partial charge on any atom is -0.759 e. The van der Waals surface area contributed by atoms with Crippen molar-refractivity contribution >= 4 is 10.4 Å². The first-order chi connectivity index (χ1) is 16.9. The van der Waals surface area contributed by atoms with Gasteiger partial charge in [0.25, 0.3) is 0 Å². The maximum atomic E-state index is 8.52. The Bertz CT molecular complexity index is 633. The van der Waals surface area contributed by atoms with Crippen molar-refractivity contribution < 1.29 is 76.6 Å². The van der Waals surface area contributed by atoms with Gasteiger partial charge in [-0.05, 0) is 36.8 Å². The fourth-order valence-electron chi connectivity index (χ4n) is 4.65. The molecule has 0 amide bonds. The number of aryl methyl sites for hydroxylation is 2. The fourth-order valence-corrected chi connectivity index (χ4v) is 4.65. The number of rotatable bonds is 22. The third-order valence-electron chi connectivity index (χ3n) is 6.72. The molecule has 1 aromatic carbocycles. The van der Waals surface area contributed by atoms with Crippen LogP contribution in [-0.2, 0) is 23.2 Å². The van der Waals surface area contributed by atoms with Gasteiger partial charge in [-0.1, -0.05) is 154 Å². The summed E-state index contributed by atoms with van der Waals surface area (Å²) in [5, 5.41) is 0. The Morgan fingerprint density at radius 1 is 0.486 bits per heavy atom. The van der Waals surface area contributed by atoms with E-state index in [1.807, 2.05) is 0 Å². The number of unbranched alkanes of at least 4 members (excludes halogenated alkanes) is 18. The van der Waals surface area contributed by atoms with Gasteiger partial charge in [-0.25, -0.2) is 0 Å². The summed E-state index contributed by atoms with van der Waals surface area (Å²) in [4.78, 5) is 0. The Hall–Kier alpha value is 1.09. The Morgan fingerprint density at radius 2 is 0.703 bits per heavy atom. The van der Waals surface area contributed by atoms with Gasteiger partial charge in [-0.2, -0.15) is 0 Å². The summed E-state index contributed by atoms with van der Waals surface area (Å²) in [6.45, 7) is 4.60. The van der Waals surface area contributed by atoms with E-state index in [1.165, 1.54) is 141 Å². The van der Waals surface area contributed by atoms with Crippen LogP contribution in [0.2, 0.25) is 0 Å². The molecule has 0 bridgehead atoms. The molecule has 0 fully saturated rings. The molecule has 0 atom stereocenters. The molecule has 37 heavy (non-hydrogen) atoms. The van der Waals surface area contributed by atoms with Crippen molar-refractivity contribution in [2.24, 2.45) is 0 Å². The summed E-state index contributed by atoms with van der Waals surface area (Å²) in [6.07, 6.45) is 31.2. The molecule has 0 saturated heterocycles. The topological polar surface area (TPSA) is 80.3 Å². The Balaban J connectivity index is -0.00000150. The maximum Gasteiger partial charge on any atom is 1.00 e. The Kier molecular flexibility index (Phi) is 36.4. The molecule has 4 nitrogen and oxygen atoms in total. The first-order valence-electron chi connectivity index (χ1n) is 14.6. The summed E-state index contributed by atoms with van der Waals surface area (Å²) >= 11 is 0. The van der Waals surface area contributed by atoms with E-state index in [1.54, 1.807) is 11.1 Å². The van der Waals surface area contributed by atoms with Gasteiger partial charge < -0.3 is 9.11 Å².